The van der Waals surface area contributed by atoms with Crippen molar-refractivity contribution in [1.29, 1.82) is 0 Å². The first-order chi connectivity index (χ1) is 14.1. The summed E-state index contributed by atoms with van der Waals surface area (Å²) < 4.78 is 6.67. The van der Waals surface area contributed by atoms with Gasteiger partial charge in [0.1, 0.15) is 5.52 Å². The summed E-state index contributed by atoms with van der Waals surface area (Å²) in [7, 11) is 0. The molecule has 1 heterocycles. The molecule has 0 aliphatic carbocycles. The van der Waals surface area contributed by atoms with Crippen molar-refractivity contribution in [2.45, 2.75) is 6.54 Å². The summed E-state index contributed by atoms with van der Waals surface area (Å²) in [6.45, 7) is 0.499. The zero-order chi connectivity index (χ0) is 20.2. The lowest BCUT2D eigenvalue weighted by Crippen LogP contribution is -2.39. The van der Waals surface area contributed by atoms with Crippen molar-refractivity contribution in [3.05, 3.63) is 87.5 Å². The molecular weight excluding hydrogens is 497 g/mol. The summed E-state index contributed by atoms with van der Waals surface area (Å²) in [5, 5.41) is 6.06. The van der Waals surface area contributed by atoms with E-state index < -0.39 is 0 Å². The highest BCUT2D eigenvalue weighted by molar-refractivity contribution is 14.1. The molecule has 0 atom stereocenters. The molecule has 0 bridgehead atoms. The Morgan fingerprint density at radius 3 is 2.48 bits per heavy atom. The van der Waals surface area contributed by atoms with Crippen LogP contribution in [0.3, 0.4) is 0 Å². The van der Waals surface area contributed by atoms with Gasteiger partial charge in [0.05, 0.1) is 5.56 Å². The standard InChI is InChI=1S/C22H16IN3O2S/c23-17-6-2-1-5-16(17)20(27)26-22(29)24-13-14-9-11-15(12-10-14)21-25-18-7-3-4-8-19(18)28-21/h1-12H,13H2,(H2,24,26,27,29). The van der Waals surface area contributed by atoms with E-state index in [0.29, 0.717) is 18.0 Å². The second-order valence-electron chi connectivity index (χ2n) is 6.30. The summed E-state index contributed by atoms with van der Waals surface area (Å²) in [4.78, 5) is 16.8. The van der Waals surface area contributed by atoms with Crippen molar-refractivity contribution in [1.82, 2.24) is 15.6 Å². The Labute approximate surface area is 186 Å². The lowest BCUT2D eigenvalue weighted by Gasteiger charge is -2.10. The van der Waals surface area contributed by atoms with E-state index in [4.69, 9.17) is 16.6 Å². The molecule has 0 aliphatic heterocycles. The molecule has 0 unspecified atom stereocenters. The van der Waals surface area contributed by atoms with Crippen LogP contribution in [0.15, 0.2) is 77.2 Å². The van der Waals surface area contributed by atoms with E-state index in [2.05, 4.69) is 38.2 Å². The van der Waals surface area contributed by atoms with Gasteiger partial charge in [-0.25, -0.2) is 4.98 Å². The molecule has 0 saturated carbocycles. The highest BCUT2D eigenvalue weighted by Crippen LogP contribution is 2.24. The second-order valence-corrected chi connectivity index (χ2v) is 7.87. The van der Waals surface area contributed by atoms with E-state index >= 15 is 0 Å². The molecule has 3 aromatic carbocycles. The fourth-order valence-corrected chi connectivity index (χ4v) is 3.60. The topological polar surface area (TPSA) is 67.2 Å². The molecule has 0 aliphatic rings. The number of benzene rings is 3. The number of carbonyl (C=O) groups excluding carboxylic acids is 1. The summed E-state index contributed by atoms with van der Waals surface area (Å²) >= 11 is 7.37. The third-order valence-corrected chi connectivity index (χ3v) is 5.48. The number of halogens is 1. The molecule has 0 saturated heterocycles. The number of amides is 1. The van der Waals surface area contributed by atoms with Crippen LogP contribution in [0.4, 0.5) is 0 Å². The number of hydrogen-bond acceptors (Lipinski definition) is 4. The SMILES string of the molecule is O=C(NC(=S)NCc1ccc(-c2nc3ccccc3o2)cc1)c1ccccc1I. The quantitative estimate of drug-likeness (QED) is 0.300. The van der Waals surface area contributed by atoms with Crippen LogP contribution in [0.25, 0.3) is 22.6 Å². The molecule has 29 heavy (non-hydrogen) atoms. The number of rotatable bonds is 4. The van der Waals surface area contributed by atoms with Gasteiger partial charge in [-0.05, 0) is 76.8 Å². The number of nitrogens with zero attached hydrogens (tertiary/aromatic N) is 1. The van der Waals surface area contributed by atoms with Crippen molar-refractivity contribution in [3.8, 4) is 11.5 Å². The molecule has 2 N–H and O–H groups in total. The zero-order valence-corrected chi connectivity index (χ0v) is 18.2. The maximum absolute atomic E-state index is 12.3. The molecular formula is C22H16IN3O2S. The van der Waals surface area contributed by atoms with E-state index in [1.54, 1.807) is 6.07 Å². The Balaban J connectivity index is 1.36. The number of fused-ring (bicyclic) bond motifs is 1. The predicted octanol–water partition coefficient (Wildman–Crippen LogP) is 4.90. The van der Waals surface area contributed by atoms with Crippen LogP contribution in [-0.4, -0.2) is 16.0 Å². The molecule has 0 spiro atoms. The number of nitrogens with one attached hydrogen (secondary N) is 2. The smallest absolute Gasteiger partial charge is 0.258 e. The van der Waals surface area contributed by atoms with Gasteiger partial charge in [0, 0.05) is 15.7 Å². The van der Waals surface area contributed by atoms with Gasteiger partial charge >= 0.3 is 0 Å². The Morgan fingerprint density at radius 1 is 1.00 bits per heavy atom. The predicted molar refractivity (Wildman–Crippen MR) is 126 cm³/mol. The van der Waals surface area contributed by atoms with Crippen LogP contribution >= 0.6 is 34.8 Å². The Hall–Kier alpha value is -2.78. The number of para-hydroxylation sites is 2. The minimum Gasteiger partial charge on any atom is -0.436 e. The van der Waals surface area contributed by atoms with Crippen LogP contribution in [0.2, 0.25) is 0 Å². The first-order valence-electron chi connectivity index (χ1n) is 8.89. The van der Waals surface area contributed by atoms with Crippen LogP contribution in [0.1, 0.15) is 15.9 Å². The average molecular weight is 513 g/mol. The van der Waals surface area contributed by atoms with E-state index in [1.165, 1.54) is 0 Å². The van der Waals surface area contributed by atoms with Gasteiger partial charge in [-0.3, -0.25) is 10.1 Å². The van der Waals surface area contributed by atoms with Crippen molar-refractivity contribution >= 4 is 56.9 Å². The number of aromatic nitrogens is 1. The zero-order valence-electron chi connectivity index (χ0n) is 15.2. The highest BCUT2D eigenvalue weighted by atomic mass is 127. The van der Waals surface area contributed by atoms with Gasteiger partial charge in [0.25, 0.3) is 5.91 Å². The normalized spacial score (nSPS) is 10.7. The highest BCUT2D eigenvalue weighted by Gasteiger charge is 2.11. The van der Waals surface area contributed by atoms with Gasteiger partial charge in [0.2, 0.25) is 5.89 Å². The molecule has 1 aromatic heterocycles. The monoisotopic (exact) mass is 513 g/mol. The summed E-state index contributed by atoms with van der Waals surface area (Å²) in [6, 6.07) is 22.9. The number of carbonyl (C=O) groups is 1. The lowest BCUT2D eigenvalue weighted by atomic mass is 10.1. The number of thiocarbonyl (C=S) groups is 1. The maximum Gasteiger partial charge on any atom is 0.258 e. The summed E-state index contributed by atoms with van der Waals surface area (Å²) in [5.41, 5.74) is 4.12. The Bertz CT molecular complexity index is 1160. The van der Waals surface area contributed by atoms with Gasteiger partial charge in [-0.2, -0.15) is 0 Å². The number of oxazole rings is 1. The number of hydrogen-bond donors (Lipinski definition) is 2. The molecule has 4 aromatic rings. The van der Waals surface area contributed by atoms with Crippen LogP contribution < -0.4 is 10.6 Å². The third-order valence-electron chi connectivity index (χ3n) is 4.29. The van der Waals surface area contributed by atoms with E-state index in [-0.39, 0.29) is 11.0 Å². The van der Waals surface area contributed by atoms with Crippen LogP contribution in [0.5, 0.6) is 0 Å². The lowest BCUT2D eigenvalue weighted by molar-refractivity contribution is 0.0976. The van der Waals surface area contributed by atoms with Gasteiger partial charge in [-0.1, -0.05) is 36.4 Å². The van der Waals surface area contributed by atoms with Gasteiger partial charge in [0.15, 0.2) is 10.7 Å². The first kappa shape index (κ1) is 19.5. The Kier molecular flexibility index (Phi) is 5.86. The molecule has 1 amide bonds. The van der Waals surface area contributed by atoms with E-state index in [9.17, 15) is 4.79 Å². The second kappa shape index (κ2) is 8.71. The van der Waals surface area contributed by atoms with Crippen LogP contribution in [-0.2, 0) is 6.54 Å². The fourth-order valence-electron chi connectivity index (χ4n) is 2.80. The van der Waals surface area contributed by atoms with Crippen molar-refractivity contribution < 1.29 is 9.21 Å². The summed E-state index contributed by atoms with van der Waals surface area (Å²) in [6.07, 6.45) is 0. The van der Waals surface area contributed by atoms with Crippen molar-refractivity contribution in [2.24, 2.45) is 0 Å². The first-order valence-corrected chi connectivity index (χ1v) is 10.4. The minimum atomic E-state index is -0.223. The molecule has 144 valence electrons. The molecule has 7 heteroatoms. The van der Waals surface area contributed by atoms with E-state index in [0.717, 1.165) is 25.8 Å². The molecule has 4 rings (SSSR count). The van der Waals surface area contributed by atoms with Crippen LogP contribution in [0, 0.1) is 3.57 Å². The molecule has 0 fully saturated rings. The third kappa shape index (κ3) is 4.63. The van der Waals surface area contributed by atoms with Crippen molar-refractivity contribution in [2.75, 3.05) is 0 Å². The minimum absolute atomic E-state index is 0.223. The fraction of sp³-hybridized carbons (Fsp3) is 0.0455. The molecule has 0 radical (unpaired) electrons. The van der Waals surface area contributed by atoms with Gasteiger partial charge in [-0.15, -0.1) is 0 Å². The molecule has 5 nitrogen and oxygen atoms in total. The average Bonchev–Trinajstić information content (AvgIpc) is 3.17. The van der Waals surface area contributed by atoms with E-state index in [1.807, 2.05) is 66.7 Å². The maximum atomic E-state index is 12.3. The van der Waals surface area contributed by atoms with Gasteiger partial charge < -0.3 is 9.73 Å². The van der Waals surface area contributed by atoms with Crippen molar-refractivity contribution in [3.63, 3.8) is 0 Å². The summed E-state index contributed by atoms with van der Waals surface area (Å²) in [5.74, 6) is 0.366. The Morgan fingerprint density at radius 2 is 1.72 bits per heavy atom. The largest absolute Gasteiger partial charge is 0.436 e.